The lowest BCUT2D eigenvalue weighted by Gasteiger charge is -2.47. The summed E-state index contributed by atoms with van der Waals surface area (Å²) in [6.07, 6.45) is 7.00. The normalized spacial score (nSPS) is 24.4. The maximum Gasteiger partial charge on any atom is 0.455 e. The molecule has 210 valence electrons. The van der Waals surface area contributed by atoms with Crippen molar-refractivity contribution in [3.8, 4) is 5.75 Å². The highest BCUT2D eigenvalue weighted by atomic mass is 16.5. The van der Waals surface area contributed by atoms with Crippen LogP contribution in [0.3, 0.4) is 0 Å². The molecule has 6 heteroatoms. The molecule has 3 aromatic rings. The number of aromatic hydroxyl groups is 1. The molecule has 0 unspecified atom stereocenters. The summed E-state index contributed by atoms with van der Waals surface area (Å²) in [6.45, 7) is 4.29. The van der Waals surface area contributed by atoms with Crippen LogP contribution in [0, 0.1) is 17.8 Å². The Hall–Kier alpha value is -3.48. The van der Waals surface area contributed by atoms with E-state index in [9.17, 15) is 19.7 Å². The second kappa shape index (κ2) is 11.4. The van der Waals surface area contributed by atoms with Crippen molar-refractivity contribution in [3.63, 3.8) is 0 Å². The van der Waals surface area contributed by atoms with Gasteiger partial charge in [-0.1, -0.05) is 92.1 Å². The van der Waals surface area contributed by atoms with Gasteiger partial charge < -0.3 is 14.8 Å². The van der Waals surface area contributed by atoms with Gasteiger partial charge in [0.05, 0.1) is 6.10 Å². The number of hydrogen-bond donors (Lipinski definition) is 2. The molecule has 1 aliphatic heterocycles. The van der Waals surface area contributed by atoms with E-state index in [1.165, 1.54) is 11.1 Å². The van der Waals surface area contributed by atoms with Crippen LogP contribution in [0.15, 0.2) is 77.4 Å². The van der Waals surface area contributed by atoms with Crippen molar-refractivity contribution in [3.05, 3.63) is 94.1 Å². The quantitative estimate of drug-likeness (QED) is 0.237. The van der Waals surface area contributed by atoms with Crippen LogP contribution in [0.25, 0.3) is 16.8 Å². The third kappa shape index (κ3) is 4.98. The molecule has 3 aliphatic rings. The Labute approximate surface area is 242 Å². The van der Waals surface area contributed by atoms with Crippen LogP contribution in [-0.4, -0.2) is 34.9 Å². The van der Waals surface area contributed by atoms with E-state index in [2.05, 4.69) is 19.9 Å². The van der Waals surface area contributed by atoms with Crippen molar-refractivity contribution < 1.29 is 24.4 Å². The molecule has 0 saturated carbocycles. The molecule has 6 rings (SSSR count). The number of allylic oxidation sites excluding steroid dienone is 2. The van der Waals surface area contributed by atoms with Crippen LogP contribution in [0.5, 0.6) is 5.75 Å². The van der Waals surface area contributed by atoms with E-state index in [-0.39, 0.29) is 35.3 Å². The Morgan fingerprint density at radius 2 is 1.66 bits per heavy atom. The monoisotopic (exact) mass is 548 g/mol. The van der Waals surface area contributed by atoms with Gasteiger partial charge in [-0.3, -0.25) is 9.59 Å². The van der Waals surface area contributed by atoms with Gasteiger partial charge in [-0.05, 0) is 66.9 Å². The van der Waals surface area contributed by atoms with Crippen molar-refractivity contribution in [2.45, 2.75) is 64.8 Å². The van der Waals surface area contributed by atoms with Crippen LogP contribution in [0.1, 0.15) is 78.7 Å². The molecule has 0 bridgehead atoms. The van der Waals surface area contributed by atoms with Crippen LogP contribution in [0.2, 0.25) is 6.32 Å². The molecular weight excluding hydrogens is 511 g/mol. The van der Waals surface area contributed by atoms with Gasteiger partial charge in [0.25, 0.3) is 0 Å². The average Bonchev–Trinajstić information content (AvgIpc) is 2.99. The Morgan fingerprint density at radius 3 is 2.39 bits per heavy atom. The van der Waals surface area contributed by atoms with Crippen LogP contribution in [0.4, 0.5) is 0 Å². The summed E-state index contributed by atoms with van der Waals surface area (Å²) in [6, 6.07) is 18.8. The Bertz CT molecular complexity index is 1570. The van der Waals surface area contributed by atoms with E-state index in [4.69, 9.17) is 4.65 Å². The maximum absolute atomic E-state index is 13.9. The SMILES string of the molecule is CCCC1=C2[C@@H](CC/C(=C/c3ccc(O)c4ccccc34)CC)OB(O)C[C@@H]2[C@@H]2C(=O)c3ccccc3C(=O)[C@@H]2C1. The van der Waals surface area contributed by atoms with E-state index >= 15 is 0 Å². The fourth-order valence-corrected chi connectivity index (χ4v) is 7.53. The number of phenols is 1. The van der Waals surface area contributed by atoms with Crippen LogP contribution in [-0.2, 0) is 4.65 Å². The molecule has 0 amide bonds. The van der Waals surface area contributed by atoms with Crippen molar-refractivity contribution in [1.82, 2.24) is 0 Å². The molecule has 0 aromatic heterocycles. The molecule has 1 heterocycles. The van der Waals surface area contributed by atoms with E-state index in [1.54, 1.807) is 18.2 Å². The largest absolute Gasteiger partial charge is 0.507 e. The highest BCUT2D eigenvalue weighted by Gasteiger charge is 2.53. The first-order valence-corrected chi connectivity index (χ1v) is 15.0. The maximum atomic E-state index is 13.9. The number of hydrogen-bond acceptors (Lipinski definition) is 5. The van der Waals surface area contributed by atoms with Crippen LogP contribution < -0.4 is 0 Å². The molecule has 2 N–H and O–H groups in total. The molecule has 2 aliphatic carbocycles. The fraction of sp³-hybridized carbons (Fsp3) is 0.371. The number of fused-ring (bicyclic) bond motifs is 5. The number of phenolic OH excluding ortho intramolecular Hbond substituents is 1. The molecule has 0 spiro atoms. The minimum absolute atomic E-state index is 0.0319. The number of Topliss-reactive ketones (excluding diaryl/α,β-unsaturated/α-hetero) is 2. The van der Waals surface area contributed by atoms with Gasteiger partial charge in [0, 0.05) is 28.3 Å². The molecular formula is C35H37BO5. The molecule has 4 atom stereocenters. The molecule has 1 fully saturated rings. The van der Waals surface area contributed by atoms with Crippen molar-refractivity contribution >= 4 is 35.5 Å². The summed E-state index contributed by atoms with van der Waals surface area (Å²) < 4.78 is 6.22. The molecule has 41 heavy (non-hydrogen) atoms. The fourth-order valence-electron chi connectivity index (χ4n) is 7.53. The second-order valence-corrected chi connectivity index (χ2v) is 11.8. The number of ketones is 2. The lowest BCUT2D eigenvalue weighted by molar-refractivity contribution is 0.0598. The third-order valence-corrected chi connectivity index (χ3v) is 9.39. The zero-order valence-electron chi connectivity index (χ0n) is 23.8. The summed E-state index contributed by atoms with van der Waals surface area (Å²) >= 11 is 0. The minimum Gasteiger partial charge on any atom is -0.507 e. The number of rotatable bonds is 7. The van der Waals surface area contributed by atoms with Gasteiger partial charge in [-0.25, -0.2) is 0 Å². The summed E-state index contributed by atoms with van der Waals surface area (Å²) in [4.78, 5) is 27.5. The summed E-state index contributed by atoms with van der Waals surface area (Å²) in [5.41, 5.74) is 5.78. The van der Waals surface area contributed by atoms with Gasteiger partial charge in [-0.15, -0.1) is 0 Å². The Morgan fingerprint density at radius 1 is 0.951 bits per heavy atom. The molecule has 3 aromatic carbocycles. The lowest BCUT2D eigenvalue weighted by atomic mass is 9.54. The standard InChI is InChI=1S/C35H37BO5/c1-3-9-23-19-28-33(35(39)27-13-8-7-12-26(27)34(28)38)29-20-36(40)41-31(32(23)29)17-14-21(4-2)18-22-15-16-30(37)25-11-6-5-10-24(22)25/h5-8,10-13,15-16,18,28-29,31,33,37,40H,3-4,9,14,17,19-20H2,1-2H3/b21-18+/t28-,29+,31-,33-/m1/s1. The topological polar surface area (TPSA) is 83.8 Å². The second-order valence-electron chi connectivity index (χ2n) is 11.8. The lowest BCUT2D eigenvalue weighted by Crippen LogP contribution is -2.50. The van der Waals surface area contributed by atoms with E-state index in [1.807, 2.05) is 42.5 Å². The van der Waals surface area contributed by atoms with Gasteiger partial charge in [-0.2, -0.15) is 0 Å². The van der Waals surface area contributed by atoms with Gasteiger partial charge in [0.1, 0.15) is 5.75 Å². The summed E-state index contributed by atoms with van der Waals surface area (Å²) in [5, 5.41) is 23.1. The summed E-state index contributed by atoms with van der Waals surface area (Å²) in [7, 11) is -0.967. The highest BCUT2D eigenvalue weighted by molar-refractivity contribution is 6.43. The third-order valence-electron chi connectivity index (χ3n) is 9.39. The Balaban J connectivity index is 1.32. The first-order chi connectivity index (χ1) is 19.9. The predicted molar refractivity (Wildman–Crippen MR) is 163 cm³/mol. The molecule has 1 saturated heterocycles. The van der Waals surface area contributed by atoms with Crippen molar-refractivity contribution in [2.24, 2.45) is 17.8 Å². The number of carbonyl (C=O) groups excluding carboxylic acids is 2. The van der Waals surface area contributed by atoms with Crippen LogP contribution >= 0.6 is 0 Å². The van der Waals surface area contributed by atoms with E-state index < -0.39 is 13.0 Å². The molecule has 5 nitrogen and oxygen atoms in total. The highest BCUT2D eigenvalue weighted by Crippen LogP contribution is 2.51. The van der Waals surface area contributed by atoms with E-state index in [0.717, 1.165) is 47.6 Å². The van der Waals surface area contributed by atoms with Gasteiger partial charge in [0.15, 0.2) is 11.6 Å². The van der Waals surface area contributed by atoms with Crippen molar-refractivity contribution in [1.29, 1.82) is 0 Å². The van der Waals surface area contributed by atoms with E-state index in [0.29, 0.717) is 30.3 Å². The molecule has 0 radical (unpaired) electrons. The first-order valence-electron chi connectivity index (χ1n) is 15.0. The number of benzene rings is 3. The Kier molecular flexibility index (Phi) is 7.71. The minimum atomic E-state index is -0.967. The average molecular weight is 548 g/mol. The number of carbonyl (C=O) groups is 2. The summed E-state index contributed by atoms with van der Waals surface area (Å²) in [5.74, 6) is -0.636. The van der Waals surface area contributed by atoms with Crippen molar-refractivity contribution in [2.75, 3.05) is 0 Å². The zero-order chi connectivity index (χ0) is 28.7. The van der Waals surface area contributed by atoms with Gasteiger partial charge in [0.2, 0.25) is 0 Å². The predicted octanol–water partition coefficient (Wildman–Crippen LogP) is 7.43. The first kappa shape index (κ1) is 27.7. The smallest absolute Gasteiger partial charge is 0.455 e. The zero-order valence-corrected chi connectivity index (χ0v) is 23.8. The van der Waals surface area contributed by atoms with Gasteiger partial charge >= 0.3 is 7.12 Å².